The Kier molecular flexibility index (Phi) is 8.25. The number of alkyl halides is 2. The highest BCUT2D eigenvalue weighted by molar-refractivity contribution is 6.51. The zero-order valence-corrected chi connectivity index (χ0v) is 23.7. The van der Waals surface area contributed by atoms with Crippen molar-refractivity contribution in [2.45, 2.75) is 100 Å². The molecule has 1 heterocycles. The van der Waals surface area contributed by atoms with Crippen LogP contribution in [0.25, 0.3) is 0 Å². The Bertz CT molecular complexity index is 989. The number of carbonyl (C=O) groups excluding carboxylic acids is 5. The van der Waals surface area contributed by atoms with Gasteiger partial charge in [0.2, 0.25) is 17.6 Å². The molecule has 1 aliphatic heterocycles. The van der Waals surface area contributed by atoms with Crippen LogP contribution in [0.5, 0.6) is 0 Å². The van der Waals surface area contributed by atoms with Gasteiger partial charge in [-0.05, 0) is 51.9 Å². The summed E-state index contributed by atoms with van der Waals surface area (Å²) in [5.41, 5.74) is 4.74. The Morgan fingerprint density at radius 3 is 2.18 bits per heavy atom. The fourth-order valence-electron chi connectivity index (χ4n) is 6.03. The molecule has 0 aromatic rings. The third-order valence-corrected chi connectivity index (χ3v) is 9.25. The molecule has 4 fully saturated rings. The molecule has 0 bridgehead atoms. The van der Waals surface area contributed by atoms with Crippen LogP contribution in [0.2, 0.25) is 0 Å². The lowest BCUT2D eigenvalue weighted by Crippen LogP contribution is -2.61. The number of amides is 5. The van der Waals surface area contributed by atoms with Gasteiger partial charge in [0, 0.05) is 23.9 Å². The van der Waals surface area contributed by atoms with E-state index in [9.17, 15) is 24.0 Å². The molecule has 12 heteroatoms. The fraction of sp³-hybridized carbons (Fsp3) is 0.808. The number of primary amides is 1. The first kappa shape index (κ1) is 28.9. The van der Waals surface area contributed by atoms with E-state index >= 15 is 0 Å². The van der Waals surface area contributed by atoms with E-state index in [0.29, 0.717) is 6.42 Å². The van der Waals surface area contributed by atoms with E-state index in [2.05, 4.69) is 16.0 Å². The number of urea groups is 1. The van der Waals surface area contributed by atoms with Gasteiger partial charge in [0.15, 0.2) is 0 Å². The number of fused-ring (bicyclic) bond motifs is 1. The Balaban J connectivity index is 1.55. The molecule has 3 aliphatic carbocycles. The molecule has 10 nitrogen and oxygen atoms in total. The van der Waals surface area contributed by atoms with E-state index in [0.717, 1.165) is 44.9 Å². The van der Waals surface area contributed by atoms with E-state index in [1.807, 2.05) is 20.8 Å². The van der Waals surface area contributed by atoms with E-state index in [1.165, 1.54) is 4.90 Å². The first-order valence-electron chi connectivity index (χ1n) is 13.6. The third kappa shape index (κ3) is 6.38. The highest BCUT2D eigenvalue weighted by atomic mass is 35.5. The lowest BCUT2D eigenvalue weighted by Gasteiger charge is -2.37. The minimum absolute atomic E-state index is 0.0709. The van der Waals surface area contributed by atoms with Gasteiger partial charge >= 0.3 is 6.03 Å². The van der Waals surface area contributed by atoms with Crippen LogP contribution in [0.15, 0.2) is 0 Å². The molecular weight excluding hydrogens is 533 g/mol. The normalized spacial score (nSPS) is 28.0. The molecule has 1 saturated heterocycles. The van der Waals surface area contributed by atoms with Crippen molar-refractivity contribution in [3.05, 3.63) is 0 Å². The average molecular weight is 573 g/mol. The van der Waals surface area contributed by atoms with E-state index in [4.69, 9.17) is 28.9 Å². The van der Waals surface area contributed by atoms with Gasteiger partial charge in [0.25, 0.3) is 5.91 Å². The number of hydrogen-bond acceptors (Lipinski definition) is 5. The van der Waals surface area contributed by atoms with Gasteiger partial charge in [-0.25, -0.2) is 4.79 Å². The molecule has 5 atom stereocenters. The van der Waals surface area contributed by atoms with Crippen molar-refractivity contribution in [2.24, 2.45) is 29.4 Å². The summed E-state index contributed by atoms with van der Waals surface area (Å²) in [6.07, 6.45) is 6.69. The second-order valence-corrected chi connectivity index (χ2v) is 13.9. The summed E-state index contributed by atoms with van der Waals surface area (Å²) >= 11 is 12.9. The molecule has 0 aromatic carbocycles. The topological polar surface area (TPSA) is 151 Å². The van der Waals surface area contributed by atoms with Crippen molar-refractivity contribution >= 4 is 52.7 Å². The largest absolute Gasteiger partial charge is 0.363 e. The van der Waals surface area contributed by atoms with Crippen molar-refractivity contribution in [3.8, 4) is 0 Å². The summed E-state index contributed by atoms with van der Waals surface area (Å²) in [6, 6.07) is -3.36. The summed E-state index contributed by atoms with van der Waals surface area (Å²) in [5.74, 6) is -3.59. The van der Waals surface area contributed by atoms with Crippen LogP contribution in [0, 0.1) is 23.7 Å². The van der Waals surface area contributed by atoms with E-state index in [-0.39, 0.29) is 30.2 Å². The maximum Gasteiger partial charge on any atom is 0.315 e. The zero-order chi connectivity index (χ0) is 28.0. The number of nitrogens with zero attached hydrogens (tertiary/aromatic N) is 1. The lowest BCUT2D eigenvalue weighted by molar-refractivity contribution is -0.144. The molecule has 4 aliphatic rings. The molecule has 0 spiro atoms. The van der Waals surface area contributed by atoms with Gasteiger partial charge in [-0.3, -0.25) is 19.2 Å². The molecule has 0 radical (unpaired) electrons. The first-order chi connectivity index (χ1) is 17.7. The van der Waals surface area contributed by atoms with Crippen LogP contribution in [0.4, 0.5) is 4.79 Å². The molecule has 5 N–H and O–H groups in total. The molecule has 0 aromatic heterocycles. The fourth-order valence-corrected chi connectivity index (χ4v) is 6.85. The van der Waals surface area contributed by atoms with Gasteiger partial charge < -0.3 is 26.6 Å². The summed E-state index contributed by atoms with van der Waals surface area (Å²) in [4.78, 5) is 66.0. The van der Waals surface area contributed by atoms with Gasteiger partial charge in [-0.1, -0.05) is 32.1 Å². The summed E-state index contributed by atoms with van der Waals surface area (Å²) in [7, 11) is 0. The molecule has 5 unspecified atom stereocenters. The Morgan fingerprint density at radius 1 is 1.00 bits per heavy atom. The number of ketones is 1. The first-order valence-corrected chi connectivity index (χ1v) is 14.4. The Labute approximate surface area is 233 Å². The van der Waals surface area contributed by atoms with Crippen LogP contribution >= 0.6 is 23.2 Å². The maximum absolute atomic E-state index is 14.0. The second-order valence-electron chi connectivity index (χ2n) is 12.4. The highest BCUT2D eigenvalue weighted by Crippen LogP contribution is 2.65. The molecule has 4 rings (SSSR count). The average Bonchev–Trinajstić information content (AvgIpc) is 3.68. The van der Waals surface area contributed by atoms with Gasteiger partial charge in [-0.15, -0.1) is 23.2 Å². The smallest absolute Gasteiger partial charge is 0.315 e. The second kappa shape index (κ2) is 10.8. The predicted octanol–water partition coefficient (Wildman–Crippen LogP) is 2.00. The number of likely N-dealkylation sites (tertiary alicyclic amines) is 1. The van der Waals surface area contributed by atoms with Crippen LogP contribution in [-0.4, -0.2) is 69.0 Å². The van der Waals surface area contributed by atoms with Crippen molar-refractivity contribution in [3.63, 3.8) is 0 Å². The van der Waals surface area contributed by atoms with Gasteiger partial charge in [0.05, 0.1) is 6.04 Å². The van der Waals surface area contributed by atoms with E-state index < -0.39 is 57.5 Å². The summed E-state index contributed by atoms with van der Waals surface area (Å²) < 4.78 is -1.17. The molecule has 212 valence electrons. The predicted molar refractivity (Wildman–Crippen MR) is 142 cm³/mol. The number of nitrogens with two attached hydrogens (primary N) is 1. The Morgan fingerprint density at radius 2 is 1.63 bits per heavy atom. The van der Waals surface area contributed by atoms with Crippen LogP contribution in [0.3, 0.4) is 0 Å². The number of carbonyl (C=O) groups is 5. The van der Waals surface area contributed by atoms with Crippen molar-refractivity contribution < 1.29 is 24.0 Å². The van der Waals surface area contributed by atoms with Crippen LogP contribution in [0.1, 0.15) is 72.1 Å². The standard InChI is InChI=1S/C26H39Cl2N5O5/c1-25(2,3)32-24(38)31-18(14-7-5-4-6-8-14)23(37)33-12-15-17(26(15,27)28)19(33)22(36)30-16(11-13-9-10-13)20(34)21(29)35/h13-19H,4-12H2,1-3H3,(H2,29,35)(H,30,36)(H2,31,32,38). The third-order valence-electron chi connectivity index (χ3n) is 8.19. The summed E-state index contributed by atoms with van der Waals surface area (Å²) in [6.45, 7) is 5.72. The number of Topliss-reactive ketones (excluding diaryl/α,β-unsaturated/α-hetero) is 1. The maximum atomic E-state index is 14.0. The molecule has 38 heavy (non-hydrogen) atoms. The zero-order valence-electron chi connectivity index (χ0n) is 22.2. The van der Waals surface area contributed by atoms with Gasteiger partial charge in [0.1, 0.15) is 16.4 Å². The summed E-state index contributed by atoms with van der Waals surface area (Å²) in [5, 5.41) is 8.41. The van der Waals surface area contributed by atoms with Crippen LogP contribution < -0.4 is 21.7 Å². The minimum Gasteiger partial charge on any atom is -0.363 e. The van der Waals surface area contributed by atoms with Crippen molar-refractivity contribution in [1.82, 2.24) is 20.9 Å². The molecule has 5 amide bonds. The number of rotatable bonds is 9. The number of nitrogens with one attached hydrogen (secondary N) is 3. The minimum atomic E-state index is -1.17. The molecule has 3 saturated carbocycles. The molecular formula is C26H39Cl2N5O5. The SMILES string of the molecule is CC(C)(C)NC(=O)NC(C(=O)N1CC2C(C1C(=O)NC(CC1CC1)C(=O)C(N)=O)C2(Cl)Cl)C1CCCCC1. The quantitative estimate of drug-likeness (QED) is 0.246. The number of piperidine rings is 1. The number of halogens is 2. The highest BCUT2D eigenvalue weighted by Gasteiger charge is 2.74. The Hall–Kier alpha value is -2.07. The lowest BCUT2D eigenvalue weighted by atomic mass is 9.83. The van der Waals surface area contributed by atoms with Crippen LogP contribution in [-0.2, 0) is 19.2 Å². The van der Waals surface area contributed by atoms with E-state index in [1.54, 1.807) is 0 Å². The van der Waals surface area contributed by atoms with Crippen molar-refractivity contribution in [2.75, 3.05) is 6.54 Å². The van der Waals surface area contributed by atoms with Crippen molar-refractivity contribution in [1.29, 1.82) is 0 Å². The van der Waals surface area contributed by atoms with Gasteiger partial charge in [-0.2, -0.15) is 0 Å². The number of hydrogen-bond donors (Lipinski definition) is 4. The monoisotopic (exact) mass is 571 g/mol.